The summed E-state index contributed by atoms with van der Waals surface area (Å²) in [5.41, 5.74) is -0.335. The van der Waals surface area contributed by atoms with Crippen molar-refractivity contribution in [2.75, 3.05) is 6.54 Å². The Bertz CT molecular complexity index is 978. The third kappa shape index (κ3) is 6.05. The van der Waals surface area contributed by atoms with Crippen LogP contribution in [-0.4, -0.2) is 32.4 Å². The second-order valence-electron chi connectivity index (χ2n) is 7.27. The van der Waals surface area contributed by atoms with Crippen LogP contribution in [0.4, 0.5) is 0 Å². The SMILES string of the molecule is Cc1cc(C(C)(O)CNC(=NCc2nnc(C)n2C)NCc2cccs2)c(C)o1.I. The van der Waals surface area contributed by atoms with E-state index in [1.807, 2.05) is 49.9 Å². The second kappa shape index (κ2) is 10.4. The van der Waals surface area contributed by atoms with Crippen LogP contribution in [0.15, 0.2) is 33.0 Å². The Morgan fingerprint density at radius 1 is 1.30 bits per heavy atom. The molecule has 8 nitrogen and oxygen atoms in total. The summed E-state index contributed by atoms with van der Waals surface area (Å²) in [5, 5.41) is 27.8. The van der Waals surface area contributed by atoms with Crippen molar-refractivity contribution in [1.82, 2.24) is 25.4 Å². The van der Waals surface area contributed by atoms with E-state index in [1.54, 1.807) is 18.3 Å². The summed E-state index contributed by atoms with van der Waals surface area (Å²) in [5.74, 6) is 3.70. The molecule has 0 amide bonds. The summed E-state index contributed by atoms with van der Waals surface area (Å²) < 4.78 is 7.49. The summed E-state index contributed by atoms with van der Waals surface area (Å²) in [6.07, 6.45) is 0. The third-order valence-electron chi connectivity index (χ3n) is 4.79. The molecule has 3 N–H and O–H groups in total. The number of rotatable bonds is 7. The standard InChI is InChI=1S/C20H28N6O2S.HI/c1-13-9-17(14(2)28-13)20(4,27)12-23-19(21-10-16-7-6-8-29-16)22-11-18-25-24-15(3)26(18)5;/h6-9,27H,10-12H2,1-5H3,(H2,21,22,23);1H. The van der Waals surface area contributed by atoms with Crippen LogP contribution in [0.1, 0.15) is 40.5 Å². The zero-order valence-corrected chi connectivity index (χ0v) is 21.0. The van der Waals surface area contributed by atoms with Crippen molar-refractivity contribution in [1.29, 1.82) is 0 Å². The minimum Gasteiger partial charge on any atom is -0.466 e. The van der Waals surface area contributed by atoms with Gasteiger partial charge in [-0.1, -0.05) is 6.07 Å². The summed E-state index contributed by atoms with van der Waals surface area (Å²) in [6.45, 7) is 8.70. The van der Waals surface area contributed by atoms with Crippen molar-refractivity contribution >= 4 is 41.3 Å². The summed E-state index contributed by atoms with van der Waals surface area (Å²) in [6, 6.07) is 5.95. The highest BCUT2D eigenvalue weighted by Crippen LogP contribution is 2.26. The van der Waals surface area contributed by atoms with Gasteiger partial charge in [0.2, 0.25) is 0 Å². The number of furan rings is 1. The fourth-order valence-electron chi connectivity index (χ4n) is 3.01. The molecular weight excluding hydrogens is 515 g/mol. The molecule has 0 aliphatic heterocycles. The van der Waals surface area contributed by atoms with Gasteiger partial charge < -0.3 is 24.7 Å². The van der Waals surface area contributed by atoms with Crippen molar-refractivity contribution in [3.8, 4) is 0 Å². The molecule has 0 saturated carbocycles. The van der Waals surface area contributed by atoms with Gasteiger partial charge in [0.25, 0.3) is 0 Å². The molecule has 3 heterocycles. The quantitative estimate of drug-likeness (QED) is 0.240. The Kier molecular flexibility index (Phi) is 8.44. The average molecular weight is 544 g/mol. The molecule has 0 saturated heterocycles. The maximum Gasteiger partial charge on any atom is 0.192 e. The lowest BCUT2D eigenvalue weighted by Gasteiger charge is -2.24. The summed E-state index contributed by atoms with van der Waals surface area (Å²) in [4.78, 5) is 5.83. The van der Waals surface area contributed by atoms with E-state index in [4.69, 9.17) is 4.42 Å². The fraction of sp³-hybridized carbons (Fsp3) is 0.450. The molecule has 0 aliphatic carbocycles. The molecule has 1 unspecified atom stereocenters. The fourth-order valence-corrected chi connectivity index (χ4v) is 3.66. The molecule has 3 aromatic rings. The molecule has 0 bridgehead atoms. The average Bonchev–Trinajstić information content (AvgIpc) is 3.38. The highest BCUT2D eigenvalue weighted by Gasteiger charge is 2.28. The molecular formula is C20H29IN6O2S. The first kappa shape index (κ1) is 24.4. The van der Waals surface area contributed by atoms with E-state index >= 15 is 0 Å². The normalized spacial score (nSPS) is 13.6. The Morgan fingerprint density at radius 3 is 2.63 bits per heavy atom. The predicted octanol–water partition coefficient (Wildman–Crippen LogP) is 3.16. The number of nitrogens with one attached hydrogen (secondary N) is 2. The van der Waals surface area contributed by atoms with Crippen LogP contribution < -0.4 is 10.6 Å². The van der Waals surface area contributed by atoms with E-state index < -0.39 is 5.60 Å². The van der Waals surface area contributed by atoms with Crippen LogP contribution in [-0.2, 0) is 25.7 Å². The Balaban J connectivity index is 0.00000320. The van der Waals surface area contributed by atoms with Gasteiger partial charge in [-0.2, -0.15) is 0 Å². The molecule has 10 heteroatoms. The molecule has 0 fully saturated rings. The van der Waals surface area contributed by atoms with Gasteiger partial charge in [0.15, 0.2) is 11.8 Å². The highest BCUT2D eigenvalue weighted by atomic mass is 127. The van der Waals surface area contributed by atoms with Gasteiger partial charge in [0.05, 0.1) is 13.1 Å². The van der Waals surface area contributed by atoms with Gasteiger partial charge in [0.1, 0.15) is 29.5 Å². The number of nitrogens with zero attached hydrogens (tertiary/aromatic N) is 4. The Morgan fingerprint density at radius 2 is 2.07 bits per heavy atom. The minimum atomic E-state index is -1.10. The second-order valence-corrected chi connectivity index (χ2v) is 8.31. The van der Waals surface area contributed by atoms with Crippen LogP contribution in [0, 0.1) is 20.8 Å². The number of aryl methyl sites for hydroxylation is 3. The van der Waals surface area contributed by atoms with Crippen LogP contribution in [0.2, 0.25) is 0 Å². The van der Waals surface area contributed by atoms with Crippen LogP contribution in [0.25, 0.3) is 0 Å². The Hall–Kier alpha value is -1.92. The van der Waals surface area contributed by atoms with Crippen LogP contribution in [0.3, 0.4) is 0 Å². The maximum absolute atomic E-state index is 11.0. The highest BCUT2D eigenvalue weighted by molar-refractivity contribution is 14.0. The summed E-state index contributed by atoms with van der Waals surface area (Å²) in [7, 11) is 1.92. The van der Waals surface area contributed by atoms with Gasteiger partial charge in [-0.3, -0.25) is 0 Å². The van der Waals surface area contributed by atoms with E-state index in [0.717, 1.165) is 23.0 Å². The van der Waals surface area contributed by atoms with Gasteiger partial charge in [-0.05, 0) is 45.2 Å². The van der Waals surface area contributed by atoms with Crippen molar-refractivity contribution in [3.63, 3.8) is 0 Å². The lowest BCUT2D eigenvalue weighted by atomic mass is 9.96. The number of halogens is 1. The van der Waals surface area contributed by atoms with E-state index in [0.29, 0.717) is 24.8 Å². The minimum absolute atomic E-state index is 0. The zero-order valence-electron chi connectivity index (χ0n) is 17.9. The monoisotopic (exact) mass is 544 g/mol. The van der Waals surface area contributed by atoms with E-state index in [9.17, 15) is 5.11 Å². The number of aliphatic imine (C=N–C) groups is 1. The van der Waals surface area contributed by atoms with Gasteiger partial charge in [-0.15, -0.1) is 45.5 Å². The van der Waals surface area contributed by atoms with Crippen LogP contribution >= 0.6 is 35.3 Å². The predicted molar refractivity (Wildman–Crippen MR) is 129 cm³/mol. The molecule has 30 heavy (non-hydrogen) atoms. The van der Waals surface area contributed by atoms with Gasteiger partial charge >= 0.3 is 0 Å². The Labute approximate surface area is 197 Å². The molecule has 0 aromatic carbocycles. The summed E-state index contributed by atoms with van der Waals surface area (Å²) >= 11 is 1.68. The van der Waals surface area contributed by atoms with Crippen molar-refractivity contribution in [3.05, 3.63) is 57.2 Å². The van der Waals surface area contributed by atoms with Crippen molar-refractivity contribution in [2.24, 2.45) is 12.0 Å². The lowest BCUT2D eigenvalue weighted by Crippen LogP contribution is -2.44. The zero-order chi connectivity index (χ0) is 21.0. The first-order valence-electron chi connectivity index (χ1n) is 9.45. The molecule has 0 spiro atoms. The lowest BCUT2D eigenvalue weighted by molar-refractivity contribution is 0.0601. The maximum atomic E-state index is 11.0. The molecule has 164 valence electrons. The smallest absolute Gasteiger partial charge is 0.192 e. The first-order chi connectivity index (χ1) is 13.8. The molecule has 1 atom stereocenters. The first-order valence-corrected chi connectivity index (χ1v) is 10.3. The van der Waals surface area contributed by atoms with E-state index in [2.05, 4.69) is 31.9 Å². The van der Waals surface area contributed by atoms with E-state index in [-0.39, 0.29) is 30.5 Å². The molecule has 3 rings (SSSR count). The number of thiophene rings is 1. The van der Waals surface area contributed by atoms with Gasteiger partial charge in [0, 0.05) is 17.5 Å². The number of aliphatic hydroxyl groups is 1. The van der Waals surface area contributed by atoms with Gasteiger partial charge in [-0.25, -0.2) is 4.99 Å². The number of aromatic nitrogens is 3. The number of hydrogen-bond donors (Lipinski definition) is 3. The van der Waals surface area contributed by atoms with E-state index in [1.165, 1.54) is 4.88 Å². The molecule has 0 radical (unpaired) electrons. The van der Waals surface area contributed by atoms with Crippen molar-refractivity contribution < 1.29 is 9.52 Å². The molecule has 0 aliphatic rings. The number of guanidine groups is 1. The van der Waals surface area contributed by atoms with Crippen LogP contribution in [0.5, 0.6) is 0 Å². The largest absolute Gasteiger partial charge is 0.466 e. The molecule has 3 aromatic heterocycles. The third-order valence-corrected chi connectivity index (χ3v) is 5.67. The topological polar surface area (TPSA) is 101 Å². The number of hydrogen-bond acceptors (Lipinski definition) is 6. The van der Waals surface area contributed by atoms with Crippen molar-refractivity contribution in [2.45, 2.75) is 46.4 Å².